The molecule has 1 aromatic rings. The zero-order valence-electron chi connectivity index (χ0n) is 10.6. The van der Waals surface area contributed by atoms with Gasteiger partial charge in [0.15, 0.2) is 0 Å². The fourth-order valence-electron chi connectivity index (χ4n) is 2.50. The summed E-state index contributed by atoms with van der Waals surface area (Å²) >= 11 is 3.37. The summed E-state index contributed by atoms with van der Waals surface area (Å²) in [6, 6.07) is 8.13. The van der Waals surface area contributed by atoms with E-state index in [2.05, 4.69) is 26.6 Å². The zero-order chi connectivity index (χ0) is 13.0. The molecular weight excluding hydrogens is 292 g/mol. The number of carbonyl (C=O) groups is 1. The first-order chi connectivity index (χ1) is 8.70. The first-order valence-electron chi connectivity index (χ1n) is 6.44. The molecule has 2 atom stereocenters. The molecule has 18 heavy (non-hydrogen) atoms. The highest BCUT2D eigenvalue weighted by Gasteiger charge is 2.25. The van der Waals surface area contributed by atoms with Gasteiger partial charge >= 0.3 is 0 Å². The Morgan fingerprint density at radius 1 is 1.17 bits per heavy atom. The molecule has 2 unspecified atom stereocenters. The molecule has 1 aromatic carbocycles. The third kappa shape index (κ3) is 3.33. The zero-order valence-corrected chi connectivity index (χ0v) is 12.2. The number of rotatable bonds is 3. The van der Waals surface area contributed by atoms with Gasteiger partial charge in [-0.15, -0.1) is 0 Å². The molecule has 0 radical (unpaired) electrons. The highest BCUT2D eigenvalue weighted by molar-refractivity contribution is 9.10. The number of carbonyl (C=O) groups excluding carboxylic acids is 1. The fraction of sp³-hybridized carbons (Fsp3) is 0.500. The lowest BCUT2D eigenvalue weighted by Gasteiger charge is -2.31. The predicted molar refractivity (Wildman–Crippen MR) is 76.7 cm³/mol. The Bertz CT molecular complexity index is 405. The SMILES string of the molecule is CNC1CCCCC1NC(=O)c1ccc(Br)cc1. The van der Waals surface area contributed by atoms with Crippen LogP contribution < -0.4 is 10.6 Å². The van der Waals surface area contributed by atoms with E-state index in [1.54, 1.807) is 0 Å². The fourth-order valence-corrected chi connectivity index (χ4v) is 2.77. The Morgan fingerprint density at radius 2 is 1.78 bits per heavy atom. The molecule has 0 heterocycles. The van der Waals surface area contributed by atoms with Gasteiger partial charge in [0, 0.05) is 22.1 Å². The van der Waals surface area contributed by atoms with Gasteiger partial charge < -0.3 is 10.6 Å². The molecule has 98 valence electrons. The molecular formula is C14H19BrN2O. The van der Waals surface area contributed by atoms with Gasteiger partial charge in [0.1, 0.15) is 0 Å². The number of amides is 1. The van der Waals surface area contributed by atoms with Gasteiger partial charge in [-0.2, -0.15) is 0 Å². The van der Waals surface area contributed by atoms with E-state index in [4.69, 9.17) is 0 Å². The molecule has 0 bridgehead atoms. The van der Waals surface area contributed by atoms with Crippen molar-refractivity contribution in [2.75, 3.05) is 7.05 Å². The van der Waals surface area contributed by atoms with E-state index in [0.29, 0.717) is 6.04 Å². The maximum Gasteiger partial charge on any atom is 0.251 e. The minimum Gasteiger partial charge on any atom is -0.348 e. The van der Waals surface area contributed by atoms with Crippen LogP contribution in [0.1, 0.15) is 36.0 Å². The summed E-state index contributed by atoms with van der Waals surface area (Å²) in [5.74, 6) is 0.0228. The Balaban J connectivity index is 1.99. The minimum absolute atomic E-state index is 0.0228. The van der Waals surface area contributed by atoms with E-state index in [1.807, 2.05) is 31.3 Å². The Hall–Kier alpha value is -0.870. The van der Waals surface area contributed by atoms with Crippen molar-refractivity contribution in [1.82, 2.24) is 10.6 Å². The predicted octanol–water partition coefficient (Wildman–Crippen LogP) is 2.71. The van der Waals surface area contributed by atoms with Crippen LogP contribution in [-0.2, 0) is 0 Å². The second-order valence-corrected chi connectivity index (χ2v) is 5.68. The summed E-state index contributed by atoms with van der Waals surface area (Å²) in [6.45, 7) is 0. The van der Waals surface area contributed by atoms with Gasteiger partial charge in [0.2, 0.25) is 0 Å². The molecule has 1 saturated carbocycles. The van der Waals surface area contributed by atoms with Gasteiger partial charge in [0.05, 0.1) is 0 Å². The standard InChI is InChI=1S/C14H19BrN2O/c1-16-12-4-2-3-5-13(12)17-14(18)10-6-8-11(15)9-7-10/h6-9,12-13,16H,2-5H2,1H3,(H,17,18). The summed E-state index contributed by atoms with van der Waals surface area (Å²) in [7, 11) is 1.97. The average molecular weight is 311 g/mol. The lowest BCUT2D eigenvalue weighted by Crippen LogP contribution is -2.50. The van der Waals surface area contributed by atoms with Crippen molar-refractivity contribution in [3.63, 3.8) is 0 Å². The van der Waals surface area contributed by atoms with Crippen LogP contribution in [0.5, 0.6) is 0 Å². The van der Waals surface area contributed by atoms with Crippen molar-refractivity contribution in [2.24, 2.45) is 0 Å². The molecule has 1 aliphatic carbocycles. The van der Waals surface area contributed by atoms with Crippen LogP contribution in [0.25, 0.3) is 0 Å². The first kappa shape index (κ1) is 13.6. The smallest absolute Gasteiger partial charge is 0.251 e. The van der Waals surface area contributed by atoms with Crippen LogP contribution in [0, 0.1) is 0 Å². The van der Waals surface area contributed by atoms with E-state index in [9.17, 15) is 4.79 Å². The molecule has 0 aliphatic heterocycles. The van der Waals surface area contributed by atoms with Crippen molar-refractivity contribution >= 4 is 21.8 Å². The third-order valence-electron chi connectivity index (χ3n) is 3.56. The summed E-state index contributed by atoms with van der Waals surface area (Å²) in [5, 5.41) is 6.44. The van der Waals surface area contributed by atoms with Crippen molar-refractivity contribution in [1.29, 1.82) is 0 Å². The molecule has 1 aliphatic rings. The van der Waals surface area contributed by atoms with E-state index < -0.39 is 0 Å². The largest absolute Gasteiger partial charge is 0.348 e. The Kier molecular flexibility index (Phi) is 4.78. The highest BCUT2D eigenvalue weighted by atomic mass is 79.9. The summed E-state index contributed by atoms with van der Waals surface area (Å²) in [4.78, 5) is 12.1. The van der Waals surface area contributed by atoms with Gasteiger partial charge in [-0.05, 0) is 44.2 Å². The van der Waals surface area contributed by atoms with Crippen LogP contribution in [0.4, 0.5) is 0 Å². The second kappa shape index (κ2) is 6.34. The number of nitrogens with one attached hydrogen (secondary N) is 2. The summed E-state index contributed by atoms with van der Waals surface area (Å²) in [5.41, 5.74) is 0.721. The van der Waals surface area contributed by atoms with Gasteiger partial charge in [-0.25, -0.2) is 0 Å². The lowest BCUT2D eigenvalue weighted by atomic mass is 9.90. The Labute approximate surface area is 116 Å². The quantitative estimate of drug-likeness (QED) is 0.901. The summed E-state index contributed by atoms with van der Waals surface area (Å²) < 4.78 is 0.991. The van der Waals surface area contributed by atoms with Crippen LogP contribution in [-0.4, -0.2) is 25.0 Å². The highest BCUT2D eigenvalue weighted by Crippen LogP contribution is 2.19. The number of likely N-dealkylation sites (N-methyl/N-ethyl adjacent to an activating group) is 1. The van der Waals surface area contributed by atoms with Crippen LogP contribution in [0.15, 0.2) is 28.7 Å². The number of hydrogen-bond donors (Lipinski definition) is 2. The topological polar surface area (TPSA) is 41.1 Å². The second-order valence-electron chi connectivity index (χ2n) is 4.77. The van der Waals surface area contributed by atoms with Gasteiger partial charge in [0.25, 0.3) is 5.91 Å². The van der Waals surface area contributed by atoms with Crippen molar-refractivity contribution in [2.45, 2.75) is 37.8 Å². The number of halogens is 1. The van der Waals surface area contributed by atoms with Crippen LogP contribution in [0.2, 0.25) is 0 Å². The van der Waals surface area contributed by atoms with Crippen LogP contribution in [0.3, 0.4) is 0 Å². The van der Waals surface area contributed by atoms with E-state index in [-0.39, 0.29) is 11.9 Å². The van der Waals surface area contributed by atoms with Crippen molar-refractivity contribution in [3.8, 4) is 0 Å². The van der Waals surface area contributed by atoms with E-state index in [0.717, 1.165) is 22.9 Å². The van der Waals surface area contributed by atoms with Gasteiger partial charge in [-0.1, -0.05) is 28.8 Å². The maximum atomic E-state index is 12.1. The molecule has 1 fully saturated rings. The van der Waals surface area contributed by atoms with Crippen LogP contribution >= 0.6 is 15.9 Å². The molecule has 2 rings (SSSR count). The number of benzene rings is 1. The monoisotopic (exact) mass is 310 g/mol. The van der Waals surface area contributed by atoms with E-state index >= 15 is 0 Å². The summed E-state index contributed by atoms with van der Waals surface area (Å²) in [6.07, 6.45) is 4.65. The maximum absolute atomic E-state index is 12.1. The first-order valence-corrected chi connectivity index (χ1v) is 7.23. The lowest BCUT2D eigenvalue weighted by molar-refractivity contribution is 0.0916. The van der Waals surface area contributed by atoms with Crippen molar-refractivity contribution in [3.05, 3.63) is 34.3 Å². The minimum atomic E-state index is 0.0228. The molecule has 3 nitrogen and oxygen atoms in total. The molecule has 0 spiro atoms. The molecule has 2 N–H and O–H groups in total. The molecule has 1 amide bonds. The molecule has 0 aromatic heterocycles. The van der Waals surface area contributed by atoms with Crippen molar-refractivity contribution < 1.29 is 4.79 Å². The molecule has 4 heteroatoms. The van der Waals surface area contributed by atoms with E-state index in [1.165, 1.54) is 12.8 Å². The normalized spacial score (nSPS) is 23.7. The molecule has 0 saturated heterocycles. The third-order valence-corrected chi connectivity index (χ3v) is 4.09. The number of hydrogen-bond acceptors (Lipinski definition) is 2. The Morgan fingerprint density at radius 3 is 2.39 bits per heavy atom. The van der Waals surface area contributed by atoms with Gasteiger partial charge in [-0.3, -0.25) is 4.79 Å². The average Bonchev–Trinajstić information content (AvgIpc) is 2.40.